The summed E-state index contributed by atoms with van der Waals surface area (Å²) in [5.74, 6) is -0.399. The Kier molecular flexibility index (Phi) is 4.82. The van der Waals surface area contributed by atoms with Gasteiger partial charge in [-0.05, 0) is 61.7 Å². The van der Waals surface area contributed by atoms with Crippen LogP contribution in [0.15, 0.2) is 53.6 Å². The van der Waals surface area contributed by atoms with Gasteiger partial charge in [-0.15, -0.1) is 0 Å². The predicted octanol–water partition coefficient (Wildman–Crippen LogP) is 3.89. The van der Waals surface area contributed by atoms with Crippen LogP contribution in [0.25, 0.3) is 10.9 Å². The molecule has 8 heteroatoms. The molecule has 1 aromatic heterocycles. The summed E-state index contributed by atoms with van der Waals surface area (Å²) in [6.45, 7) is 1.87. The average molecular weight is 416 g/mol. The lowest BCUT2D eigenvalue weighted by molar-refractivity contribution is 0.102. The van der Waals surface area contributed by atoms with Crippen molar-refractivity contribution >= 4 is 44.1 Å². The maximum atomic E-state index is 12.8. The van der Waals surface area contributed by atoms with Crippen LogP contribution in [-0.4, -0.2) is 25.4 Å². The first-order valence-corrected chi connectivity index (χ1v) is 10.7. The minimum Gasteiger partial charge on any atom is -0.321 e. The second kappa shape index (κ2) is 7.16. The standard InChI is InChI=1S/C20H18ClN3O3S/c1-12-17(21)8-7-16-18(9-10-22-19(12)16)23-20(25)13-3-2-4-15(11-13)28(26,27)24-14-5-6-14/h2-4,7-11,14,24H,5-6H2,1H3,(H,22,23,25). The number of hydrogen-bond acceptors (Lipinski definition) is 4. The van der Waals surface area contributed by atoms with E-state index >= 15 is 0 Å². The van der Waals surface area contributed by atoms with Gasteiger partial charge in [0.05, 0.1) is 16.1 Å². The van der Waals surface area contributed by atoms with Gasteiger partial charge in [-0.3, -0.25) is 9.78 Å². The van der Waals surface area contributed by atoms with Gasteiger partial charge in [0.25, 0.3) is 5.91 Å². The smallest absolute Gasteiger partial charge is 0.255 e. The number of hydrogen-bond donors (Lipinski definition) is 2. The third kappa shape index (κ3) is 3.73. The molecule has 2 N–H and O–H groups in total. The van der Waals surface area contributed by atoms with Crippen molar-refractivity contribution in [3.63, 3.8) is 0 Å². The Hall–Kier alpha value is -2.48. The number of carbonyl (C=O) groups is 1. The summed E-state index contributed by atoms with van der Waals surface area (Å²) in [5.41, 5.74) is 2.37. The molecule has 4 rings (SSSR count). The van der Waals surface area contributed by atoms with Gasteiger partial charge in [0.2, 0.25) is 10.0 Å². The Morgan fingerprint density at radius 2 is 1.96 bits per heavy atom. The highest BCUT2D eigenvalue weighted by atomic mass is 35.5. The van der Waals surface area contributed by atoms with Crippen LogP contribution in [0.2, 0.25) is 5.02 Å². The molecule has 0 unspecified atom stereocenters. The quantitative estimate of drug-likeness (QED) is 0.661. The summed E-state index contributed by atoms with van der Waals surface area (Å²) in [7, 11) is -3.63. The van der Waals surface area contributed by atoms with Crippen LogP contribution in [0, 0.1) is 6.92 Å². The van der Waals surface area contributed by atoms with Crippen molar-refractivity contribution < 1.29 is 13.2 Å². The number of nitrogens with one attached hydrogen (secondary N) is 2. The number of pyridine rings is 1. The molecule has 1 fully saturated rings. The molecule has 6 nitrogen and oxygen atoms in total. The van der Waals surface area contributed by atoms with E-state index < -0.39 is 15.9 Å². The molecule has 0 saturated heterocycles. The van der Waals surface area contributed by atoms with E-state index in [-0.39, 0.29) is 16.5 Å². The summed E-state index contributed by atoms with van der Waals surface area (Å²) in [4.78, 5) is 17.2. The van der Waals surface area contributed by atoms with E-state index in [0.29, 0.717) is 16.2 Å². The summed E-state index contributed by atoms with van der Waals surface area (Å²) in [5, 5.41) is 4.20. The Morgan fingerprint density at radius 1 is 1.18 bits per heavy atom. The first kappa shape index (κ1) is 18.9. The third-order valence-electron chi connectivity index (χ3n) is 4.65. The van der Waals surface area contributed by atoms with Crippen LogP contribution in [-0.2, 0) is 10.0 Å². The molecule has 144 valence electrons. The third-order valence-corrected chi connectivity index (χ3v) is 6.58. The molecule has 28 heavy (non-hydrogen) atoms. The van der Waals surface area contributed by atoms with Crippen LogP contribution < -0.4 is 10.0 Å². The average Bonchev–Trinajstić information content (AvgIpc) is 3.48. The van der Waals surface area contributed by atoms with Gasteiger partial charge in [-0.25, -0.2) is 13.1 Å². The van der Waals surface area contributed by atoms with Crippen molar-refractivity contribution in [3.05, 3.63) is 64.8 Å². The SMILES string of the molecule is Cc1c(Cl)ccc2c(NC(=O)c3cccc(S(=O)(=O)NC4CC4)c3)ccnc12. The van der Waals surface area contributed by atoms with Crippen LogP contribution in [0.3, 0.4) is 0 Å². The molecular weight excluding hydrogens is 398 g/mol. The van der Waals surface area contributed by atoms with E-state index in [1.165, 1.54) is 12.1 Å². The summed E-state index contributed by atoms with van der Waals surface area (Å²) in [6.07, 6.45) is 3.29. The molecule has 1 heterocycles. The van der Waals surface area contributed by atoms with E-state index in [4.69, 9.17) is 11.6 Å². The van der Waals surface area contributed by atoms with Crippen molar-refractivity contribution in [1.29, 1.82) is 0 Å². The van der Waals surface area contributed by atoms with Crippen molar-refractivity contribution in [2.24, 2.45) is 0 Å². The summed E-state index contributed by atoms with van der Waals surface area (Å²) >= 11 is 6.15. The highest BCUT2D eigenvalue weighted by molar-refractivity contribution is 7.89. The first-order valence-electron chi connectivity index (χ1n) is 8.83. The number of carbonyl (C=O) groups excluding carboxylic acids is 1. The van der Waals surface area contributed by atoms with Crippen LogP contribution in [0.5, 0.6) is 0 Å². The fraction of sp³-hybridized carbons (Fsp3) is 0.200. The highest BCUT2D eigenvalue weighted by Gasteiger charge is 2.28. The monoisotopic (exact) mass is 415 g/mol. The number of sulfonamides is 1. The highest BCUT2D eigenvalue weighted by Crippen LogP contribution is 2.29. The van der Waals surface area contributed by atoms with Gasteiger partial charge in [-0.1, -0.05) is 17.7 Å². The second-order valence-corrected chi connectivity index (χ2v) is 8.93. The second-order valence-electron chi connectivity index (χ2n) is 6.80. The number of halogens is 1. The maximum absolute atomic E-state index is 12.8. The number of aromatic nitrogens is 1. The Bertz CT molecular complexity index is 1190. The number of aryl methyl sites for hydroxylation is 1. The fourth-order valence-corrected chi connectivity index (χ4v) is 4.43. The molecule has 1 aliphatic carbocycles. The normalized spacial score (nSPS) is 14.2. The zero-order valence-electron chi connectivity index (χ0n) is 15.1. The number of benzene rings is 2. The topological polar surface area (TPSA) is 88.2 Å². The zero-order chi connectivity index (χ0) is 19.9. The van der Waals surface area contributed by atoms with E-state index in [0.717, 1.165) is 23.8 Å². The molecule has 3 aromatic rings. The summed E-state index contributed by atoms with van der Waals surface area (Å²) < 4.78 is 27.4. The lowest BCUT2D eigenvalue weighted by atomic mass is 10.1. The molecule has 1 aliphatic rings. The Balaban J connectivity index is 1.64. The number of anilines is 1. The first-order chi connectivity index (χ1) is 13.3. The fourth-order valence-electron chi connectivity index (χ4n) is 2.93. The van der Waals surface area contributed by atoms with Gasteiger partial charge >= 0.3 is 0 Å². The lowest BCUT2D eigenvalue weighted by Crippen LogP contribution is -2.26. The van der Waals surface area contributed by atoms with E-state index in [9.17, 15) is 13.2 Å². The molecule has 0 spiro atoms. The van der Waals surface area contributed by atoms with Gasteiger partial charge in [0.1, 0.15) is 0 Å². The van der Waals surface area contributed by atoms with E-state index in [2.05, 4.69) is 15.0 Å². The molecule has 1 amide bonds. The predicted molar refractivity (Wildman–Crippen MR) is 109 cm³/mol. The summed E-state index contributed by atoms with van der Waals surface area (Å²) in [6, 6.07) is 11.3. The molecule has 0 radical (unpaired) electrons. The molecule has 2 aromatic carbocycles. The molecular formula is C20H18ClN3O3S. The number of fused-ring (bicyclic) bond motifs is 1. The van der Waals surface area contributed by atoms with Crippen LogP contribution >= 0.6 is 11.6 Å². The largest absolute Gasteiger partial charge is 0.321 e. The van der Waals surface area contributed by atoms with E-state index in [1.807, 2.05) is 6.92 Å². The van der Waals surface area contributed by atoms with Crippen LogP contribution in [0.4, 0.5) is 5.69 Å². The van der Waals surface area contributed by atoms with Gasteiger partial charge < -0.3 is 5.32 Å². The van der Waals surface area contributed by atoms with Gasteiger partial charge in [0.15, 0.2) is 0 Å². The van der Waals surface area contributed by atoms with Gasteiger partial charge in [-0.2, -0.15) is 0 Å². The van der Waals surface area contributed by atoms with Crippen LogP contribution in [0.1, 0.15) is 28.8 Å². The van der Waals surface area contributed by atoms with Crippen molar-refractivity contribution in [2.45, 2.75) is 30.7 Å². The minimum absolute atomic E-state index is 0.000676. The number of rotatable bonds is 5. The Labute approximate surface area is 168 Å². The number of nitrogens with zero attached hydrogens (tertiary/aromatic N) is 1. The maximum Gasteiger partial charge on any atom is 0.255 e. The Morgan fingerprint density at radius 3 is 2.71 bits per heavy atom. The molecule has 1 saturated carbocycles. The molecule has 0 aliphatic heterocycles. The molecule has 0 atom stereocenters. The lowest BCUT2D eigenvalue weighted by Gasteiger charge is -2.11. The van der Waals surface area contributed by atoms with Crippen molar-refractivity contribution in [1.82, 2.24) is 9.71 Å². The van der Waals surface area contributed by atoms with E-state index in [1.54, 1.807) is 36.5 Å². The minimum atomic E-state index is -3.63. The van der Waals surface area contributed by atoms with Gasteiger partial charge in [0, 0.05) is 28.2 Å². The van der Waals surface area contributed by atoms with Crippen molar-refractivity contribution in [2.75, 3.05) is 5.32 Å². The molecule has 0 bridgehead atoms. The van der Waals surface area contributed by atoms with Crippen molar-refractivity contribution in [3.8, 4) is 0 Å². The number of amides is 1. The zero-order valence-corrected chi connectivity index (χ0v) is 16.6.